The number of hydrogen-bond donors (Lipinski definition) is 3. The molecule has 1 atom stereocenters. The van der Waals surface area contributed by atoms with E-state index in [1.807, 2.05) is 0 Å². The maximum Gasteiger partial charge on any atom is 0.155 e. The monoisotopic (exact) mass is 104 g/mol. The van der Waals surface area contributed by atoms with E-state index in [0.717, 1.165) is 0 Å². The second-order valence-corrected chi connectivity index (χ2v) is 1.23. The molecule has 0 heterocycles. The molecule has 0 radical (unpaired) electrons. The zero-order chi connectivity index (χ0) is 5.86. The summed E-state index contributed by atoms with van der Waals surface area (Å²) >= 11 is 0. The maximum absolute atomic E-state index is 8.34. The first-order valence-electron chi connectivity index (χ1n) is 1.89. The summed E-state index contributed by atoms with van der Waals surface area (Å²) < 4.78 is 0. The minimum Gasteiger partial charge on any atom is -0.512 e. The lowest BCUT2D eigenvalue weighted by molar-refractivity contribution is 0.161. The molecule has 0 aliphatic heterocycles. The van der Waals surface area contributed by atoms with Crippen molar-refractivity contribution in [3.8, 4) is 0 Å². The quantitative estimate of drug-likeness (QED) is 0.420. The van der Waals surface area contributed by atoms with Gasteiger partial charge in [0.1, 0.15) is 12.4 Å². The van der Waals surface area contributed by atoms with Gasteiger partial charge in [-0.25, -0.2) is 0 Å². The molecule has 0 bridgehead atoms. The van der Waals surface area contributed by atoms with Crippen molar-refractivity contribution >= 4 is 0 Å². The van der Waals surface area contributed by atoms with Crippen LogP contribution in [0.3, 0.4) is 0 Å². The van der Waals surface area contributed by atoms with Crippen molar-refractivity contribution in [1.82, 2.24) is 0 Å². The summed E-state index contributed by atoms with van der Waals surface area (Å²) in [5, 5.41) is 24.6. The highest BCUT2D eigenvalue weighted by Gasteiger charge is 1.97. The largest absolute Gasteiger partial charge is 0.512 e. The molecule has 0 saturated heterocycles. The Balaban J connectivity index is 3.56. The summed E-state index contributed by atoms with van der Waals surface area (Å²) in [5.41, 5.74) is 0. The fourth-order valence-corrected chi connectivity index (χ4v) is 0.108. The molecule has 0 amide bonds. The number of hydrogen-bond acceptors (Lipinski definition) is 3. The summed E-state index contributed by atoms with van der Waals surface area (Å²) in [6, 6.07) is 0. The van der Waals surface area contributed by atoms with Crippen molar-refractivity contribution in [1.29, 1.82) is 0 Å². The van der Waals surface area contributed by atoms with Crippen LogP contribution < -0.4 is 0 Å². The summed E-state index contributed by atoms with van der Waals surface area (Å²) in [6.07, 6.45) is -0.505. The van der Waals surface area contributed by atoms with Crippen LogP contribution in [0.2, 0.25) is 0 Å². The fraction of sp³-hybridized carbons (Fsp3) is 0.500. The molecule has 0 aliphatic carbocycles. The first kappa shape index (κ1) is 6.30. The van der Waals surface area contributed by atoms with Crippen LogP contribution in [-0.4, -0.2) is 21.4 Å². The van der Waals surface area contributed by atoms with E-state index in [1.165, 1.54) is 6.92 Å². The zero-order valence-electron chi connectivity index (χ0n) is 4.00. The highest BCUT2D eigenvalue weighted by atomic mass is 16.3. The van der Waals surface area contributed by atoms with Gasteiger partial charge in [0.25, 0.3) is 0 Å². The highest BCUT2D eigenvalue weighted by Crippen LogP contribution is 1.91. The standard InChI is InChI=1S/C4H8O3/c1-3(6)4(7)2-5/h2-3,5-7H,1H3. The van der Waals surface area contributed by atoms with Gasteiger partial charge in [-0.15, -0.1) is 0 Å². The van der Waals surface area contributed by atoms with Crippen LogP contribution in [0.5, 0.6) is 0 Å². The lowest BCUT2D eigenvalue weighted by atomic mass is 10.4. The third-order valence-corrected chi connectivity index (χ3v) is 0.560. The predicted octanol–water partition coefficient (Wildman–Crippen LogP) is 0.325. The van der Waals surface area contributed by atoms with Crippen molar-refractivity contribution in [2.45, 2.75) is 13.0 Å². The zero-order valence-corrected chi connectivity index (χ0v) is 4.00. The van der Waals surface area contributed by atoms with Gasteiger partial charge in [-0.1, -0.05) is 0 Å². The van der Waals surface area contributed by atoms with E-state index in [-0.39, 0.29) is 0 Å². The third-order valence-electron chi connectivity index (χ3n) is 0.560. The fourth-order valence-electron chi connectivity index (χ4n) is 0.108. The molecule has 42 valence electrons. The molecule has 0 saturated carbocycles. The lowest BCUT2D eigenvalue weighted by Gasteiger charge is -1.97. The van der Waals surface area contributed by atoms with E-state index in [4.69, 9.17) is 15.3 Å². The third kappa shape index (κ3) is 2.05. The summed E-state index contributed by atoms with van der Waals surface area (Å²) in [4.78, 5) is 0. The Morgan fingerprint density at radius 3 is 2.14 bits per heavy atom. The van der Waals surface area contributed by atoms with E-state index in [2.05, 4.69) is 0 Å². The highest BCUT2D eigenvalue weighted by molar-refractivity contribution is 4.88. The SMILES string of the molecule is CC(O)C(O)=CO. The number of aliphatic hydroxyl groups is 3. The summed E-state index contributed by atoms with van der Waals surface area (Å²) in [6.45, 7) is 1.35. The molecular weight excluding hydrogens is 96.0 g/mol. The van der Waals surface area contributed by atoms with Gasteiger partial charge >= 0.3 is 0 Å². The molecule has 3 nitrogen and oxygen atoms in total. The summed E-state index contributed by atoms with van der Waals surface area (Å²) in [5.74, 6) is -0.417. The lowest BCUT2D eigenvalue weighted by Crippen LogP contribution is -2.02. The molecule has 0 spiro atoms. The van der Waals surface area contributed by atoms with Gasteiger partial charge in [0.05, 0.1) is 0 Å². The van der Waals surface area contributed by atoms with Crippen molar-refractivity contribution in [3.05, 3.63) is 12.0 Å². The Labute approximate surface area is 41.5 Å². The van der Waals surface area contributed by atoms with Crippen molar-refractivity contribution in [3.63, 3.8) is 0 Å². The number of rotatable bonds is 1. The summed E-state index contributed by atoms with van der Waals surface area (Å²) in [7, 11) is 0. The molecule has 0 rings (SSSR count). The van der Waals surface area contributed by atoms with Crippen LogP contribution in [0.1, 0.15) is 6.92 Å². The van der Waals surface area contributed by atoms with Crippen molar-refractivity contribution in [2.24, 2.45) is 0 Å². The van der Waals surface area contributed by atoms with Crippen LogP contribution in [0.15, 0.2) is 12.0 Å². The van der Waals surface area contributed by atoms with Crippen LogP contribution >= 0.6 is 0 Å². The maximum atomic E-state index is 8.34. The Bertz CT molecular complexity index is 75.0. The van der Waals surface area contributed by atoms with Gasteiger partial charge < -0.3 is 15.3 Å². The molecule has 0 fully saturated rings. The Kier molecular flexibility index (Phi) is 2.22. The van der Waals surface area contributed by atoms with Crippen LogP contribution in [-0.2, 0) is 0 Å². The Morgan fingerprint density at radius 2 is 2.14 bits per heavy atom. The average molecular weight is 104 g/mol. The minimum absolute atomic E-state index is 0.417. The molecule has 0 aliphatic rings. The molecule has 3 heteroatoms. The van der Waals surface area contributed by atoms with Crippen molar-refractivity contribution in [2.75, 3.05) is 0 Å². The van der Waals surface area contributed by atoms with Gasteiger partial charge in [-0.2, -0.15) is 0 Å². The first-order valence-corrected chi connectivity index (χ1v) is 1.89. The molecule has 1 unspecified atom stereocenters. The van der Waals surface area contributed by atoms with Gasteiger partial charge in [0, 0.05) is 0 Å². The minimum atomic E-state index is -0.968. The predicted molar refractivity (Wildman–Crippen MR) is 25.0 cm³/mol. The molecule has 3 N–H and O–H groups in total. The van der Waals surface area contributed by atoms with Crippen LogP contribution in [0, 0.1) is 0 Å². The average Bonchev–Trinajstić information content (AvgIpc) is 1.65. The molecule has 0 aromatic rings. The normalized spacial score (nSPS) is 16.6. The second-order valence-electron chi connectivity index (χ2n) is 1.23. The number of aliphatic hydroxyl groups excluding tert-OH is 3. The van der Waals surface area contributed by atoms with Crippen LogP contribution in [0.25, 0.3) is 0 Å². The van der Waals surface area contributed by atoms with E-state index in [0.29, 0.717) is 6.26 Å². The van der Waals surface area contributed by atoms with Crippen LogP contribution in [0.4, 0.5) is 0 Å². The molecule has 0 aromatic carbocycles. The molecule has 0 aromatic heterocycles. The second kappa shape index (κ2) is 2.47. The topological polar surface area (TPSA) is 60.7 Å². The van der Waals surface area contributed by atoms with Crippen molar-refractivity contribution < 1.29 is 15.3 Å². The smallest absolute Gasteiger partial charge is 0.155 e. The molecular formula is C4H8O3. The van der Waals surface area contributed by atoms with Gasteiger partial charge in [0.2, 0.25) is 0 Å². The van der Waals surface area contributed by atoms with Gasteiger partial charge in [0.15, 0.2) is 5.76 Å². The van der Waals surface area contributed by atoms with E-state index < -0.39 is 11.9 Å². The Morgan fingerprint density at radius 1 is 1.71 bits per heavy atom. The Hall–Kier alpha value is -0.700. The molecule has 7 heavy (non-hydrogen) atoms. The first-order chi connectivity index (χ1) is 3.18. The van der Waals surface area contributed by atoms with Gasteiger partial charge in [-0.05, 0) is 6.92 Å². The van der Waals surface area contributed by atoms with Gasteiger partial charge in [-0.3, -0.25) is 0 Å². The van der Waals surface area contributed by atoms with E-state index in [1.54, 1.807) is 0 Å². The van der Waals surface area contributed by atoms with E-state index >= 15 is 0 Å². The van der Waals surface area contributed by atoms with E-state index in [9.17, 15) is 0 Å².